The highest BCUT2D eigenvalue weighted by Crippen LogP contribution is 2.20. The molecule has 0 radical (unpaired) electrons. The minimum atomic E-state index is -0.161. The van der Waals surface area contributed by atoms with Crippen LogP contribution in [0, 0.1) is 5.41 Å². The molecule has 0 fully saturated rings. The molecule has 0 unspecified atom stereocenters. The largest absolute Gasteiger partial charge is 0.496 e. The van der Waals surface area contributed by atoms with Crippen molar-refractivity contribution in [2.24, 2.45) is 5.41 Å². The van der Waals surface area contributed by atoms with Crippen LogP contribution in [0.5, 0.6) is 5.75 Å². The van der Waals surface area contributed by atoms with Crippen molar-refractivity contribution >= 4 is 35.8 Å². The summed E-state index contributed by atoms with van der Waals surface area (Å²) in [5.41, 5.74) is 2.42. The number of carbonyl (C=O) groups is 3. The lowest BCUT2D eigenvalue weighted by Gasteiger charge is -2.23. The number of likely N-dealkylation sites (N-methyl/N-ethyl adjacent to an activating group) is 2. The lowest BCUT2D eigenvalue weighted by molar-refractivity contribution is -0.123. The van der Waals surface area contributed by atoms with Gasteiger partial charge in [-0.05, 0) is 49.8 Å². The van der Waals surface area contributed by atoms with Gasteiger partial charge >= 0.3 is 0 Å². The Hall–Kier alpha value is -3.40. The number of benzene rings is 2. The number of rotatable bonds is 12. The van der Waals surface area contributed by atoms with E-state index in [9.17, 15) is 14.4 Å². The van der Waals surface area contributed by atoms with Crippen LogP contribution in [0.25, 0.3) is 0 Å². The van der Waals surface area contributed by atoms with E-state index in [4.69, 9.17) is 16.3 Å². The molecule has 2 aromatic carbocycles. The standard InChI is InChI=1S/C13H26N4O2.C8H7ClO2.C7H9N/c1-13(2,9-15-4)6-12(19)17-11(8-18)10(16-5)7-14-3;1-11-8-3-2-7(9)4-6(8)5-10;1-8-7-5-3-2-4-6-7/h8,14-16H,6-7,9H2,1-5H3,(H,17,19);2-5H,1H3;2-6,8H,1H3/b11-10+;;. The molecule has 10 heteroatoms. The molecule has 38 heavy (non-hydrogen) atoms. The maximum Gasteiger partial charge on any atom is 0.225 e. The highest BCUT2D eigenvalue weighted by atomic mass is 35.5. The van der Waals surface area contributed by atoms with E-state index < -0.39 is 0 Å². The second kappa shape index (κ2) is 19.7. The van der Waals surface area contributed by atoms with Crippen molar-refractivity contribution in [2.45, 2.75) is 20.3 Å². The van der Waals surface area contributed by atoms with E-state index in [1.54, 1.807) is 32.3 Å². The van der Waals surface area contributed by atoms with Gasteiger partial charge in [-0.1, -0.05) is 43.6 Å². The van der Waals surface area contributed by atoms with Gasteiger partial charge in [0.25, 0.3) is 0 Å². The molecule has 9 nitrogen and oxygen atoms in total. The number of ether oxygens (including phenoxy) is 1. The molecule has 0 heterocycles. The van der Waals surface area contributed by atoms with Gasteiger partial charge < -0.3 is 31.3 Å². The fraction of sp³-hybridized carbons (Fsp3) is 0.393. The molecule has 0 saturated carbocycles. The van der Waals surface area contributed by atoms with E-state index in [1.807, 2.05) is 58.3 Å². The average molecular weight is 548 g/mol. The van der Waals surface area contributed by atoms with E-state index in [-0.39, 0.29) is 17.0 Å². The summed E-state index contributed by atoms with van der Waals surface area (Å²) in [6.45, 7) is 5.22. The lowest BCUT2D eigenvalue weighted by atomic mass is 9.89. The molecule has 0 saturated heterocycles. The van der Waals surface area contributed by atoms with Crippen LogP contribution in [0.15, 0.2) is 59.9 Å². The Balaban J connectivity index is 0.000000600. The average Bonchev–Trinajstić information content (AvgIpc) is 2.91. The van der Waals surface area contributed by atoms with Crippen LogP contribution < -0.4 is 31.3 Å². The number of para-hydroxylation sites is 1. The van der Waals surface area contributed by atoms with E-state index in [0.29, 0.717) is 47.6 Å². The predicted molar refractivity (Wildman–Crippen MR) is 156 cm³/mol. The maximum atomic E-state index is 11.9. The first-order valence-corrected chi connectivity index (χ1v) is 12.5. The molecule has 210 valence electrons. The number of anilines is 1. The summed E-state index contributed by atoms with van der Waals surface area (Å²) in [4.78, 5) is 33.4. The monoisotopic (exact) mass is 547 g/mol. The van der Waals surface area contributed by atoms with Crippen molar-refractivity contribution in [3.63, 3.8) is 0 Å². The first-order valence-electron chi connectivity index (χ1n) is 12.1. The number of carbonyl (C=O) groups excluding carboxylic acids is 3. The van der Waals surface area contributed by atoms with Gasteiger partial charge in [0, 0.05) is 44.3 Å². The number of allylic oxidation sites excluding steroid dienone is 1. The van der Waals surface area contributed by atoms with Crippen molar-refractivity contribution in [1.82, 2.24) is 21.3 Å². The van der Waals surface area contributed by atoms with Gasteiger partial charge in [0.05, 0.1) is 18.4 Å². The molecule has 0 bridgehead atoms. The Morgan fingerprint density at radius 3 is 2.11 bits per heavy atom. The van der Waals surface area contributed by atoms with Gasteiger partial charge in [-0.2, -0.15) is 0 Å². The summed E-state index contributed by atoms with van der Waals surface area (Å²) in [6, 6.07) is 15.0. The number of methoxy groups -OCH3 is 1. The van der Waals surface area contributed by atoms with Crippen molar-refractivity contribution in [3.05, 3.63) is 70.5 Å². The highest BCUT2D eigenvalue weighted by Gasteiger charge is 2.22. The Morgan fingerprint density at radius 2 is 1.66 bits per heavy atom. The molecule has 2 aromatic rings. The van der Waals surface area contributed by atoms with Crippen LogP contribution in [0.3, 0.4) is 0 Å². The Kier molecular flexibility index (Phi) is 17.9. The Morgan fingerprint density at radius 1 is 1.00 bits per heavy atom. The summed E-state index contributed by atoms with van der Waals surface area (Å²) in [6.07, 6.45) is 1.72. The molecule has 0 atom stereocenters. The fourth-order valence-electron chi connectivity index (χ4n) is 3.24. The molecule has 0 spiro atoms. The molecule has 0 aliphatic heterocycles. The smallest absolute Gasteiger partial charge is 0.225 e. The fourth-order valence-corrected chi connectivity index (χ4v) is 3.42. The Bertz CT molecular complexity index is 1010. The summed E-state index contributed by atoms with van der Waals surface area (Å²) < 4.78 is 4.90. The molecule has 0 aromatic heterocycles. The molecule has 0 aliphatic rings. The first-order chi connectivity index (χ1) is 18.1. The van der Waals surface area contributed by atoms with E-state index in [1.165, 1.54) is 7.11 Å². The zero-order chi connectivity index (χ0) is 29.0. The third kappa shape index (κ3) is 14.4. The highest BCUT2D eigenvalue weighted by molar-refractivity contribution is 6.30. The lowest BCUT2D eigenvalue weighted by Crippen LogP contribution is -2.36. The number of aldehydes is 2. The van der Waals surface area contributed by atoms with Gasteiger partial charge in [-0.15, -0.1) is 0 Å². The third-order valence-corrected chi connectivity index (χ3v) is 5.28. The van der Waals surface area contributed by atoms with Crippen LogP contribution in [-0.4, -0.2) is 66.9 Å². The number of hydrogen-bond acceptors (Lipinski definition) is 8. The number of nitrogens with one attached hydrogen (secondary N) is 5. The Labute approximate surface area is 231 Å². The van der Waals surface area contributed by atoms with E-state index >= 15 is 0 Å². The van der Waals surface area contributed by atoms with Crippen molar-refractivity contribution in [2.75, 3.05) is 53.7 Å². The second-order valence-corrected chi connectivity index (χ2v) is 9.27. The van der Waals surface area contributed by atoms with Gasteiger partial charge in [0.15, 0.2) is 12.6 Å². The molecule has 5 N–H and O–H groups in total. The quantitative estimate of drug-likeness (QED) is 0.202. The van der Waals surface area contributed by atoms with Gasteiger partial charge in [-0.25, -0.2) is 0 Å². The van der Waals surface area contributed by atoms with Crippen LogP contribution >= 0.6 is 11.6 Å². The molecule has 1 amide bonds. The SMILES string of the molecule is CNC/C(NC)=C(/C=O)NC(=O)CC(C)(C)CNC.CNc1ccccc1.COc1ccc(Cl)cc1C=O. The minimum Gasteiger partial charge on any atom is -0.496 e. The summed E-state index contributed by atoms with van der Waals surface area (Å²) in [7, 11) is 8.76. The number of amides is 1. The van der Waals surface area contributed by atoms with Crippen LogP contribution in [0.4, 0.5) is 5.69 Å². The van der Waals surface area contributed by atoms with Crippen LogP contribution in [-0.2, 0) is 9.59 Å². The molecular weight excluding hydrogens is 506 g/mol. The van der Waals surface area contributed by atoms with E-state index in [2.05, 4.69) is 26.6 Å². The van der Waals surface area contributed by atoms with Gasteiger partial charge in [0.1, 0.15) is 11.4 Å². The first kappa shape index (κ1) is 34.6. The molecular formula is C28H42ClN5O4. The zero-order valence-corrected chi connectivity index (χ0v) is 24.2. The topological polar surface area (TPSA) is 121 Å². The van der Waals surface area contributed by atoms with Crippen LogP contribution in [0.1, 0.15) is 30.6 Å². The van der Waals surface area contributed by atoms with Crippen molar-refractivity contribution in [3.8, 4) is 5.75 Å². The van der Waals surface area contributed by atoms with Crippen molar-refractivity contribution < 1.29 is 19.1 Å². The van der Waals surface area contributed by atoms with Gasteiger partial charge in [0.2, 0.25) is 5.91 Å². The second-order valence-electron chi connectivity index (χ2n) is 8.83. The maximum absolute atomic E-state index is 11.9. The van der Waals surface area contributed by atoms with Gasteiger partial charge in [-0.3, -0.25) is 14.4 Å². The third-order valence-electron chi connectivity index (χ3n) is 5.05. The number of hydrogen-bond donors (Lipinski definition) is 5. The normalized spacial score (nSPS) is 10.8. The predicted octanol–water partition coefficient (Wildman–Crippen LogP) is 3.48. The number of halogens is 1. The van der Waals surface area contributed by atoms with E-state index in [0.717, 1.165) is 12.2 Å². The van der Waals surface area contributed by atoms with Crippen LogP contribution in [0.2, 0.25) is 5.02 Å². The zero-order valence-electron chi connectivity index (χ0n) is 23.4. The molecule has 0 aliphatic carbocycles. The summed E-state index contributed by atoms with van der Waals surface area (Å²) in [5.74, 6) is 0.385. The van der Waals surface area contributed by atoms with Crippen molar-refractivity contribution in [1.29, 1.82) is 0 Å². The summed E-state index contributed by atoms with van der Waals surface area (Å²) in [5, 5.41) is 15.1. The molecule has 2 rings (SSSR count). The minimum absolute atomic E-state index is 0.157. The summed E-state index contributed by atoms with van der Waals surface area (Å²) >= 11 is 5.64.